The van der Waals surface area contributed by atoms with Crippen molar-refractivity contribution in [1.82, 2.24) is 9.97 Å². The molecule has 0 aliphatic rings. The van der Waals surface area contributed by atoms with Crippen molar-refractivity contribution >= 4 is 22.5 Å². The molecule has 0 spiro atoms. The van der Waals surface area contributed by atoms with Crippen LogP contribution in [0.5, 0.6) is 5.75 Å². The van der Waals surface area contributed by atoms with Gasteiger partial charge >= 0.3 is 0 Å². The van der Waals surface area contributed by atoms with Gasteiger partial charge in [0, 0.05) is 11.6 Å². The van der Waals surface area contributed by atoms with Crippen LogP contribution in [0.4, 0.5) is 11.6 Å². The first-order chi connectivity index (χ1) is 9.78. The number of hydrogen-bond donors (Lipinski definition) is 1. The minimum Gasteiger partial charge on any atom is -0.495 e. The molecule has 0 unspecified atom stereocenters. The second kappa shape index (κ2) is 5.17. The summed E-state index contributed by atoms with van der Waals surface area (Å²) in [5, 5.41) is 4.23. The Hall–Kier alpha value is -2.62. The molecule has 3 rings (SSSR count). The average Bonchev–Trinajstić information content (AvgIpc) is 2.49. The van der Waals surface area contributed by atoms with Gasteiger partial charge in [0.1, 0.15) is 5.75 Å². The lowest BCUT2D eigenvalue weighted by atomic mass is 10.1. The molecule has 1 heterocycles. The maximum Gasteiger partial charge on any atom is 0.227 e. The first-order valence-corrected chi connectivity index (χ1v) is 6.40. The van der Waals surface area contributed by atoms with E-state index < -0.39 is 0 Å². The lowest BCUT2D eigenvalue weighted by Crippen LogP contribution is -1.99. The Morgan fingerprint density at radius 3 is 2.75 bits per heavy atom. The Morgan fingerprint density at radius 1 is 1.05 bits per heavy atom. The largest absolute Gasteiger partial charge is 0.495 e. The van der Waals surface area contributed by atoms with Gasteiger partial charge in [0.15, 0.2) is 0 Å². The summed E-state index contributed by atoms with van der Waals surface area (Å²) >= 11 is 0. The summed E-state index contributed by atoms with van der Waals surface area (Å²) in [6.45, 7) is 2.04. The Morgan fingerprint density at radius 2 is 1.90 bits per heavy atom. The maximum absolute atomic E-state index is 5.31. The van der Waals surface area contributed by atoms with E-state index in [-0.39, 0.29) is 0 Å². The van der Waals surface area contributed by atoms with Gasteiger partial charge in [0.2, 0.25) is 5.95 Å². The zero-order valence-corrected chi connectivity index (χ0v) is 11.4. The number of methoxy groups -OCH3 is 1. The summed E-state index contributed by atoms with van der Waals surface area (Å²) in [5.74, 6) is 1.33. The highest BCUT2D eigenvalue weighted by Gasteiger charge is 2.05. The van der Waals surface area contributed by atoms with Gasteiger partial charge in [-0.25, -0.2) is 9.97 Å². The Labute approximate surface area is 117 Å². The molecule has 100 valence electrons. The number of nitrogens with zero attached hydrogens (tertiary/aromatic N) is 2. The van der Waals surface area contributed by atoms with E-state index in [9.17, 15) is 0 Å². The van der Waals surface area contributed by atoms with Gasteiger partial charge in [-0.1, -0.05) is 30.3 Å². The van der Waals surface area contributed by atoms with Crippen molar-refractivity contribution < 1.29 is 4.74 Å². The third-order valence-electron chi connectivity index (χ3n) is 3.17. The average molecular weight is 265 g/mol. The quantitative estimate of drug-likeness (QED) is 0.784. The van der Waals surface area contributed by atoms with Gasteiger partial charge in [-0.3, -0.25) is 0 Å². The van der Waals surface area contributed by atoms with Crippen LogP contribution in [0.3, 0.4) is 0 Å². The molecule has 0 saturated heterocycles. The summed E-state index contributed by atoms with van der Waals surface area (Å²) in [5.41, 5.74) is 2.94. The van der Waals surface area contributed by atoms with Gasteiger partial charge in [0.25, 0.3) is 0 Å². The number of fused-ring (bicyclic) bond motifs is 1. The van der Waals surface area contributed by atoms with Crippen molar-refractivity contribution in [2.24, 2.45) is 0 Å². The third kappa shape index (κ3) is 2.28. The number of para-hydroxylation sites is 3. The molecule has 4 nitrogen and oxygen atoms in total. The summed E-state index contributed by atoms with van der Waals surface area (Å²) in [6.07, 6.45) is 1.83. The summed E-state index contributed by atoms with van der Waals surface area (Å²) in [6, 6.07) is 13.8. The number of rotatable bonds is 3. The van der Waals surface area contributed by atoms with Crippen molar-refractivity contribution in [3.63, 3.8) is 0 Å². The molecule has 20 heavy (non-hydrogen) atoms. The number of hydrogen-bond acceptors (Lipinski definition) is 4. The van der Waals surface area contributed by atoms with E-state index in [4.69, 9.17) is 4.74 Å². The van der Waals surface area contributed by atoms with Gasteiger partial charge in [-0.15, -0.1) is 0 Å². The van der Waals surface area contributed by atoms with E-state index in [2.05, 4.69) is 15.3 Å². The molecule has 0 fully saturated rings. The van der Waals surface area contributed by atoms with E-state index >= 15 is 0 Å². The number of benzene rings is 2. The Bertz CT molecular complexity index is 756. The Kier molecular flexibility index (Phi) is 3.21. The van der Waals surface area contributed by atoms with Crippen LogP contribution in [0.2, 0.25) is 0 Å². The van der Waals surface area contributed by atoms with Gasteiger partial charge in [0.05, 0.1) is 18.3 Å². The minimum absolute atomic E-state index is 0.566. The van der Waals surface area contributed by atoms with Crippen molar-refractivity contribution in [2.45, 2.75) is 6.92 Å². The molecule has 0 atom stereocenters. The zero-order valence-electron chi connectivity index (χ0n) is 11.4. The van der Waals surface area contributed by atoms with E-state index in [1.54, 1.807) is 7.11 Å². The second-order valence-electron chi connectivity index (χ2n) is 4.53. The molecule has 0 saturated carbocycles. The van der Waals surface area contributed by atoms with Crippen LogP contribution < -0.4 is 10.1 Å². The summed E-state index contributed by atoms with van der Waals surface area (Å²) in [7, 11) is 1.64. The van der Waals surface area contributed by atoms with Crippen LogP contribution in [0, 0.1) is 6.92 Å². The van der Waals surface area contributed by atoms with Crippen LogP contribution in [0.1, 0.15) is 5.56 Å². The first kappa shape index (κ1) is 12.4. The van der Waals surface area contributed by atoms with Crippen LogP contribution >= 0.6 is 0 Å². The molecule has 0 amide bonds. The number of aromatic nitrogens is 2. The molecule has 0 bridgehead atoms. The van der Waals surface area contributed by atoms with Crippen LogP contribution in [-0.2, 0) is 0 Å². The monoisotopic (exact) mass is 265 g/mol. The van der Waals surface area contributed by atoms with Crippen molar-refractivity contribution in [3.8, 4) is 5.75 Å². The predicted molar refractivity (Wildman–Crippen MR) is 80.6 cm³/mol. The molecule has 1 aromatic heterocycles. The van der Waals surface area contributed by atoms with Gasteiger partial charge in [-0.05, 0) is 24.6 Å². The van der Waals surface area contributed by atoms with Gasteiger partial charge in [-0.2, -0.15) is 0 Å². The fourth-order valence-corrected chi connectivity index (χ4v) is 2.13. The molecule has 3 aromatic rings. The van der Waals surface area contributed by atoms with Crippen molar-refractivity contribution in [3.05, 3.63) is 54.2 Å². The molecule has 0 aliphatic heterocycles. The van der Waals surface area contributed by atoms with E-state index in [1.165, 1.54) is 0 Å². The fourth-order valence-electron chi connectivity index (χ4n) is 2.13. The standard InChI is InChI=1S/C16H15N3O/c1-11-6-5-7-12-10-17-16(19-15(11)12)18-13-8-3-4-9-14(13)20-2/h3-10H,1-2H3,(H,17,18,19). The van der Waals surface area contributed by atoms with Crippen molar-refractivity contribution in [2.75, 3.05) is 12.4 Å². The summed E-state index contributed by atoms with van der Waals surface area (Å²) < 4.78 is 5.31. The topological polar surface area (TPSA) is 47.0 Å². The van der Waals surface area contributed by atoms with E-state index in [0.29, 0.717) is 5.95 Å². The molecule has 2 aromatic carbocycles. The third-order valence-corrected chi connectivity index (χ3v) is 3.17. The van der Waals surface area contributed by atoms with Crippen LogP contribution in [0.15, 0.2) is 48.7 Å². The zero-order chi connectivity index (χ0) is 13.9. The maximum atomic E-state index is 5.31. The highest BCUT2D eigenvalue weighted by molar-refractivity contribution is 5.82. The Balaban J connectivity index is 2.01. The number of nitrogens with one attached hydrogen (secondary N) is 1. The SMILES string of the molecule is COc1ccccc1Nc1ncc2cccc(C)c2n1. The predicted octanol–water partition coefficient (Wildman–Crippen LogP) is 3.69. The number of ether oxygens (including phenoxy) is 1. The van der Waals surface area contributed by atoms with E-state index in [0.717, 1.165) is 27.9 Å². The molecule has 0 aliphatic carbocycles. The second-order valence-corrected chi connectivity index (χ2v) is 4.53. The fraction of sp³-hybridized carbons (Fsp3) is 0.125. The first-order valence-electron chi connectivity index (χ1n) is 6.40. The highest BCUT2D eigenvalue weighted by atomic mass is 16.5. The molecule has 4 heteroatoms. The molecule has 0 radical (unpaired) electrons. The van der Waals surface area contributed by atoms with E-state index in [1.807, 2.05) is 55.6 Å². The normalized spacial score (nSPS) is 10.5. The van der Waals surface area contributed by atoms with Crippen LogP contribution in [-0.4, -0.2) is 17.1 Å². The van der Waals surface area contributed by atoms with Crippen molar-refractivity contribution in [1.29, 1.82) is 0 Å². The smallest absolute Gasteiger partial charge is 0.227 e. The van der Waals surface area contributed by atoms with Crippen LogP contribution in [0.25, 0.3) is 10.9 Å². The van der Waals surface area contributed by atoms with Gasteiger partial charge < -0.3 is 10.1 Å². The molecular weight excluding hydrogens is 250 g/mol. The molecule has 1 N–H and O–H groups in total. The number of aryl methyl sites for hydroxylation is 1. The lowest BCUT2D eigenvalue weighted by Gasteiger charge is -2.10. The highest BCUT2D eigenvalue weighted by Crippen LogP contribution is 2.26. The molecular formula is C16H15N3O. The number of anilines is 2. The summed E-state index contributed by atoms with van der Waals surface area (Å²) in [4.78, 5) is 8.91. The minimum atomic E-state index is 0.566. The lowest BCUT2D eigenvalue weighted by molar-refractivity contribution is 0.417.